The Hall–Kier alpha value is -1.68. The van der Waals surface area contributed by atoms with Gasteiger partial charge in [0.1, 0.15) is 5.82 Å². The van der Waals surface area contributed by atoms with Crippen molar-refractivity contribution in [2.24, 2.45) is 5.92 Å². The minimum absolute atomic E-state index is 0.145. The molecule has 0 bridgehead atoms. The smallest absolute Gasteiger partial charge is 0.257 e. The number of hydrogen-bond acceptors (Lipinski definition) is 2. The summed E-state index contributed by atoms with van der Waals surface area (Å²) in [6, 6.07) is 8.58. The van der Waals surface area contributed by atoms with Gasteiger partial charge < -0.3 is 4.90 Å². The van der Waals surface area contributed by atoms with Crippen molar-refractivity contribution in [2.75, 3.05) is 6.54 Å². The fraction of sp³-hybridized carbons (Fsp3) is 0.353. The molecule has 0 saturated heterocycles. The maximum Gasteiger partial charge on any atom is 0.257 e. The predicted molar refractivity (Wildman–Crippen MR) is 80.9 cm³/mol. The molecule has 2 heterocycles. The molecule has 2 aliphatic rings. The van der Waals surface area contributed by atoms with Crippen LogP contribution < -0.4 is 0 Å². The van der Waals surface area contributed by atoms with Crippen LogP contribution in [0.2, 0.25) is 0 Å². The lowest BCUT2D eigenvalue weighted by Gasteiger charge is -2.36. The molecule has 1 aliphatic carbocycles. The van der Waals surface area contributed by atoms with Crippen molar-refractivity contribution in [3.05, 3.63) is 57.5 Å². The van der Waals surface area contributed by atoms with E-state index in [9.17, 15) is 9.18 Å². The Morgan fingerprint density at radius 1 is 1.24 bits per heavy atom. The third kappa shape index (κ3) is 2.18. The summed E-state index contributed by atoms with van der Waals surface area (Å²) >= 11 is 1.77. The molecule has 0 radical (unpaired) electrons. The van der Waals surface area contributed by atoms with Crippen LogP contribution in [0, 0.1) is 11.7 Å². The summed E-state index contributed by atoms with van der Waals surface area (Å²) in [7, 11) is 0. The molecule has 1 amide bonds. The molecule has 2 aromatic rings. The highest BCUT2D eigenvalue weighted by molar-refractivity contribution is 7.10. The summed E-state index contributed by atoms with van der Waals surface area (Å²) in [5, 5.41) is 2.11. The van der Waals surface area contributed by atoms with E-state index >= 15 is 0 Å². The Balaban J connectivity index is 1.71. The number of halogens is 1. The van der Waals surface area contributed by atoms with E-state index in [0.717, 1.165) is 6.42 Å². The van der Waals surface area contributed by atoms with Crippen molar-refractivity contribution in [1.29, 1.82) is 0 Å². The first kappa shape index (κ1) is 13.0. The Bertz CT molecular complexity index is 692. The molecule has 21 heavy (non-hydrogen) atoms. The molecule has 1 unspecified atom stereocenters. The van der Waals surface area contributed by atoms with Gasteiger partial charge in [-0.25, -0.2) is 4.39 Å². The summed E-state index contributed by atoms with van der Waals surface area (Å²) in [5.41, 5.74) is 1.49. The van der Waals surface area contributed by atoms with Gasteiger partial charge in [-0.3, -0.25) is 4.79 Å². The fourth-order valence-electron chi connectivity index (χ4n) is 3.28. The van der Waals surface area contributed by atoms with E-state index in [4.69, 9.17) is 0 Å². The number of carbonyl (C=O) groups excluding carboxylic acids is 1. The zero-order chi connectivity index (χ0) is 14.4. The first-order valence-corrected chi connectivity index (χ1v) is 8.25. The largest absolute Gasteiger partial charge is 0.331 e. The molecule has 1 atom stereocenters. The number of amides is 1. The van der Waals surface area contributed by atoms with Crippen LogP contribution in [0.1, 0.15) is 39.7 Å². The highest BCUT2D eigenvalue weighted by Crippen LogP contribution is 2.48. The van der Waals surface area contributed by atoms with E-state index < -0.39 is 5.82 Å². The minimum atomic E-state index is -0.423. The highest BCUT2D eigenvalue weighted by Gasteiger charge is 2.42. The first-order chi connectivity index (χ1) is 10.3. The molecule has 108 valence electrons. The number of hydrogen-bond donors (Lipinski definition) is 0. The van der Waals surface area contributed by atoms with Gasteiger partial charge in [0.05, 0.1) is 11.6 Å². The molecule has 1 aromatic carbocycles. The number of rotatable bonds is 2. The maximum absolute atomic E-state index is 13.9. The second-order valence-electron chi connectivity index (χ2n) is 5.81. The molecule has 1 aliphatic heterocycles. The quantitative estimate of drug-likeness (QED) is 0.820. The second-order valence-corrected chi connectivity index (χ2v) is 6.81. The normalized spacial score (nSPS) is 21.2. The summed E-state index contributed by atoms with van der Waals surface area (Å²) in [6.45, 7) is 0.696. The van der Waals surface area contributed by atoms with Crippen LogP contribution in [0.5, 0.6) is 0 Å². The van der Waals surface area contributed by atoms with Crippen LogP contribution in [0.4, 0.5) is 4.39 Å². The van der Waals surface area contributed by atoms with Gasteiger partial charge in [0.2, 0.25) is 0 Å². The number of fused-ring (bicyclic) bond motifs is 1. The highest BCUT2D eigenvalue weighted by atomic mass is 32.1. The van der Waals surface area contributed by atoms with E-state index in [0.29, 0.717) is 12.5 Å². The topological polar surface area (TPSA) is 20.3 Å². The summed E-state index contributed by atoms with van der Waals surface area (Å²) < 4.78 is 13.9. The predicted octanol–water partition coefficient (Wildman–Crippen LogP) is 4.04. The summed E-state index contributed by atoms with van der Waals surface area (Å²) in [5.74, 6) is -0.0376. The summed E-state index contributed by atoms with van der Waals surface area (Å²) in [4.78, 5) is 16.1. The Morgan fingerprint density at radius 3 is 2.81 bits per heavy atom. The van der Waals surface area contributed by atoms with Gasteiger partial charge in [-0.05, 0) is 54.3 Å². The molecule has 0 N–H and O–H groups in total. The fourth-order valence-corrected chi connectivity index (χ4v) is 4.20. The Kier molecular flexibility index (Phi) is 3.07. The van der Waals surface area contributed by atoms with Gasteiger partial charge in [0.25, 0.3) is 5.91 Å². The molecule has 1 saturated carbocycles. The third-order valence-electron chi connectivity index (χ3n) is 4.45. The van der Waals surface area contributed by atoms with Crippen molar-refractivity contribution in [2.45, 2.75) is 25.3 Å². The van der Waals surface area contributed by atoms with Gasteiger partial charge >= 0.3 is 0 Å². The van der Waals surface area contributed by atoms with Crippen LogP contribution in [-0.4, -0.2) is 17.4 Å². The van der Waals surface area contributed by atoms with Crippen LogP contribution in [0.3, 0.4) is 0 Å². The van der Waals surface area contributed by atoms with Gasteiger partial charge in [0, 0.05) is 11.4 Å². The van der Waals surface area contributed by atoms with E-state index in [1.165, 1.54) is 29.3 Å². The molecule has 1 aromatic heterocycles. The number of nitrogens with zero attached hydrogens (tertiary/aromatic N) is 1. The van der Waals surface area contributed by atoms with E-state index in [-0.39, 0.29) is 17.5 Å². The molecule has 0 spiro atoms. The van der Waals surface area contributed by atoms with Crippen LogP contribution in [0.25, 0.3) is 0 Å². The average Bonchev–Trinajstić information content (AvgIpc) is 3.22. The third-order valence-corrected chi connectivity index (χ3v) is 5.44. The van der Waals surface area contributed by atoms with Gasteiger partial charge in [-0.2, -0.15) is 0 Å². The van der Waals surface area contributed by atoms with E-state index in [2.05, 4.69) is 11.4 Å². The number of thiophene rings is 1. The lowest BCUT2D eigenvalue weighted by molar-refractivity contribution is 0.0632. The lowest BCUT2D eigenvalue weighted by Crippen LogP contribution is -2.40. The minimum Gasteiger partial charge on any atom is -0.331 e. The van der Waals surface area contributed by atoms with Crippen molar-refractivity contribution in [3.8, 4) is 0 Å². The molecular formula is C17H16FNOS. The van der Waals surface area contributed by atoms with Crippen LogP contribution >= 0.6 is 11.3 Å². The van der Waals surface area contributed by atoms with E-state index in [1.807, 2.05) is 4.90 Å². The van der Waals surface area contributed by atoms with E-state index in [1.54, 1.807) is 29.5 Å². The number of benzene rings is 1. The Morgan fingerprint density at radius 2 is 2.05 bits per heavy atom. The molecular weight excluding hydrogens is 285 g/mol. The van der Waals surface area contributed by atoms with Gasteiger partial charge in [-0.15, -0.1) is 11.3 Å². The molecule has 4 heteroatoms. The second kappa shape index (κ2) is 4.95. The Labute approximate surface area is 127 Å². The average molecular weight is 301 g/mol. The first-order valence-electron chi connectivity index (χ1n) is 7.37. The van der Waals surface area contributed by atoms with Gasteiger partial charge in [-0.1, -0.05) is 12.1 Å². The zero-order valence-corrected chi connectivity index (χ0v) is 12.4. The summed E-state index contributed by atoms with van der Waals surface area (Å²) in [6.07, 6.45) is 3.22. The molecule has 2 nitrogen and oxygen atoms in total. The number of carbonyl (C=O) groups is 1. The van der Waals surface area contributed by atoms with Crippen molar-refractivity contribution in [1.82, 2.24) is 4.90 Å². The van der Waals surface area contributed by atoms with Crippen LogP contribution in [0.15, 0.2) is 35.7 Å². The standard InChI is InChI=1S/C17H16FNOS/c18-14-4-2-1-3-12(14)17(20)19-9-7-15-13(8-10-21-15)16(19)11-5-6-11/h1-4,8,10-11,16H,5-7,9H2. The molecule has 1 fully saturated rings. The van der Waals surface area contributed by atoms with Crippen molar-refractivity contribution >= 4 is 17.2 Å². The SMILES string of the molecule is O=C(c1ccccc1F)N1CCc2sccc2C1C1CC1. The maximum atomic E-state index is 13.9. The van der Waals surface area contributed by atoms with Crippen molar-refractivity contribution < 1.29 is 9.18 Å². The van der Waals surface area contributed by atoms with Crippen LogP contribution in [-0.2, 0) is 6.42 Å². The van der Waals surface area contributed by atoms with Gasteiger partial charge in [0.15, 0.2) is 0 Å². The molecule has 4 rings (SSSR count). The van der Waals surface area contributed by atoms with Crippen molar-refractivity contribution in [3.63, 3.8) is 0 Å². The zero-order valence-electron chi connectivity index (χ0n) is 11.6. The monoisotopic (exact) mass is 301 g/mol. The lowest BCUT2D eigenvalue weighted by atomic mass is 9.95.